The van der Waals surface area contributed by atoms with Crippen molar-refractivity contribution in [1.82, 2.24) is 4.90 Å². The van der Waals surface area contributed by atoms with Crippen LogP contribution in [0.1, 0.15) is 30.9 Å². The van der Waals surface area contributed by atoms with Crippen molar-refractivity contribution < 1.29 is 4.39 Å². The third-order valence-electron chi connectivity index (χ3n) is 2.24. The Hall–Kier alpha value is -1.31. The molecule has 0 saturated carbocycles. The molecule has 15 heavy (non-hydrogen) atoms. The quantitative estimate of drug-likeness (QED) is 0.733. The van der Waals surface area contributed by atoms with Crippen LogP contribution >= 0.6 is 0 Å². The smallest absolute Gasteiger partial charge is 0.130 e. The predicted molar refractivity (Wildman–Crippen MR) is 63.2 cm³/mol. The Balaban J connectivity index is 2.93. The Morgan fingerprint density at radius 1 is 1.27 bits per heavy atom. The number of hydrogen-bond donors (Lipinski definition) is 0. The number of rotatable bonds is 3. The van der Waals surface area contributed by atoms with E-state index < -0.39 is 0 Å². The fraction of sp³-hybridized carbons (Fsp3) is 0.385. The van der Waals surface area contributed by atoms with E-state index in [9.17, 15) is 4.39 Å². The van der Waals surface area contributed by atoms with Gasteiger partial charge in [-0.05, 0) is 29.8 Å². The van der Waals surface area contributed by atoms with Crippen LogP contribution < -0.4 is 0 Å². The molecule has 0 atom stereocenters. The van der Waals surface area contributed by atoms with Crippen LogP contribution in [0, 0.1) is 5.82 Å². The monoisotopic (exact) mass is 207 g/mol. The molecule has 0 amide bonds. The van der Waals surface area contributed by atoms with Gasteiger partial charge < -0.3 is 4.90 Å². The van der Waals surface area contributed by atoms with Gasteiger partial charge in [0.1, 0.15) is 5.82 Å². The normalized spacial score (nSPS) is 11.3. The van der Waals surface area contributed by atoms with Crippen molar-refractivity contribution in [3.05, 3.63) is 41.3 Å². The highest BCUT2D eigenvalue weighted by Gasteiger charge is 2.03. The second-order valence-corrected chi connectivity index (χ2v) is 4.22. The minimum atomic E-state index is -0.153. The second-order valence-electron chi connectivity index (χ2n) is 4.22. The van der Waals surface area contributed by atoms with Crippen LogP contribution in [-0.2, 0) is 0 Å². The molecule has 0 heterocycles. The summed E-state index contributed by atoms with van der Waals surface area (Å²) in [5.41, 5.74) is 1.67. The van der Waals surface area contributed by atoms with Gasteiger partial charge in [-0.1, -0.05) is 26.0 Å². The third kappa shape index (κ3) is 3.39. The lowest BCUT2D eigenvalue weighted by Gasteiger charge is -2.07. The van der Waals surface area contributed by atoms with Crippen LogP contribution in [-0.4, -0.2) is 19.0 Å². The average Bonchev–Trinajstić information content (AvgIpc) is 2.15. The van der Waals surface area contributed by atoms with E-state index in [-0.39, 0.29) is 5.82 Å². The van der Waals surface area contributed by atoms with Crippen molar-refractivity contribution in [2.45, 2.75) is 19.8 Å². The highest BCUT2D eigenvalue weighted by atomic mass is 19.1. The van der Waals surface area contributed by atoms with Crippen LogP contribution in [0.3, 0.4) is 0 Å². The standard InChI is InChI=1S/C13H18FN/c1-10(2)12-6-5-11(13(14)9-12)7-8-15(3)4/h5-10H,1-4H3. The summed E-state index contributed by atoms with van der Waals surface area (Å²) in [4.78, 5) is 1.88. The average molecular weight is 207 g/mol. The number of halogens is 1. The minimum Gasteiger partial charge on any atom is -0.383 e. The van der Waals surface area contributed by atoms with E-state index in [1.54, 1.807) is 12.1 Å². The van der Waals surface area contributed by atoms with E-state index in [1.807, 2.05) is 37.3 Å². The van der Waals surface area contributed by atoms with Gasteiger partial charge >= 0.3 is 0 Å². The molecule has 0 spiro atoms. The summed E-state index contributed by atoms with van der Waals surface area (Å²) in [6.45, 7) is 4.12. The summed E-state index contributed by atoms with van der Waals surface area (Å²) in [5.74, 6) is 0.214. The van der Waals surface area contributed by atoms with Gasteiger partial charge in [0.25, 0.3) is 0 Å². The van der Waals surface area contributed by atoms with E-state index in [0.29, 0.717) is 11.5 Å². The number of nitrogens with zero attached hydrogens (tertiary/aromatic N) is 1. The van der Waals surface area contributed by atoms with Crippen LogP contribution in [0.25, 0.3) is 6.08 Å². The van der Waals surface area contributed by atoms with Gasteiger partial charge in [0, 0.05) is 19.7 Å². The molecular formula is C13H18FN. The summed E-state index contributed by atoms with van der Waals surface area (Å²) in [5, 5.41) is 0. The molecule has 1 rings (SSSR count). The SMILES string of the molecule is CC(C)c1ccc(C=CN(C)C)c(F)c1. The second kappa shape index (κ2) is 4.96. The largest absolute Gasteiger partial charge is 0.383 e. The number of benzene rings is 1. The first-order valence-corrected chi connectivity index (χ1v) is 5.15. The first-order valence-electron chi connectivity index (χ1n) is 5.15. The van der Waals surface area contributed by atoms with E-state index in [2.05, 4.69) is 13.8 Å². The summed E-state index contributed by atoms with van der Waals surface area (Å²) in [6.07, 6.45) is 3.62. The molecule has 0 aliphatic rings. The summed E-state index contributed by atoms with van der Waals surface area (Å²) in [7, 11) is 3.83. The molecule has 1 aromatic carbocycles. The molecule has 0 unspecified atom stereocenters. The zero-order valence-corrected chi connectivity index (χ0v) is 9.79. The van der Waals surface area contributed by atoms with Gasteiger partial charge in [0.2, 0.25) is 0 Å². The summed E-state index contributed by atoms with van der Waals surface area (Å²) in [6, 6.07) is 5.41. The van der Waals surface area contributed by atoms with E-state index in [1.165, 1.54) is 0 Å². The molecule has 82 valence electrons. The Bertz CT molecular complexity index is 354. The predicted octanol–water partition coefficient (Wildman–Crippen LogP) is 3.48. The Morgan fingerprint density at radius 2 is 1.93 bits per heavy atom. The zero-order chi connectivity index (χ0) is 11.4. The van der Waals surface area contributed by atoms with Crippen molar-refractivity contribution in [3.8, 4) is 0 Å². The molecular weight excluding hydrogens is 189 g/mol. The van der Waals surface area contributed by atoms with Crippen LogP contribution in [0.4, 0.5) is 4.39 Å². The molecule has 0 bridgehead atoms. The van der Waals surface area contributed by atoms with E-state index in [4.69, 9.17) is 0 Å². The topological polar surface area (TPSA) is 3.24 Å². The molecule has 0 N–H and O–H groups in total. The van der Waals surface area contributed by atoms with Gasteiger partial charge in [-0.2, -0.15) is 0 Å². The van der Waals surface area contributed by atoms with Gasteiger partial charge in [-0.15, -0.1) is 0 Å². The van der Waals surface area contributed by atoms with Gasteiger partial charge in [-0.25, -0.2) is 4.39 Å². The van der Waals surface area contributed by atoms with Crippen LogP contribution in [0.15, 0.2) is 24.4 Å². The Morgan fingerprint density at radius 3 is 2.40 bits per heavy atom. The molecule has 0 aliphatic heterocycles. The maximum Gasteiger partial charge on any atom is 0.130 e. The molecule has 2 heteroatoms. The van der Waals surface area contributed by atoms with Crippen LogP contribution in [0.2, 0.25) is 0 Å². The molecule has 0 fully saturated rings. The molecule has 1 aromatic rings. The first kappa shape index (κ1) is 11.8. The maximum atomic E-state index is 13.6. The van der Waals surface area contributed by atoms with Crippen molar-refractivity contribution in [3.63, 3.8) is 0 Å². The van der Waals surface area contributed by atoms with Crippen LogP contribution in [0.5, 0.6) is 0 Å². The Labute approximate surface area is 91.2 Å². The number of hydrogen-bond acceptors (Lipinski definition) is 1. The molecule has 0 saturated heterocycles. The highest BCUT2D eigenvalue weighted by Crippen LogP contribution is 2.18. The highest BCUT2D eigenvalue weighted by molar-refractivity contribution is 5.50. The fourth-order valence-electron chi connectivity index (χ4n) is 1.27. The van der Waals surface area contributed by atoms with E-state index >= 15 is 0 Å². The van der Waals surface area contributed by atoms with Gasteiger partial charge in [0.05, 0.1) is 0 Å². The van der Waals surface area contributed by atoms with Gasteiger partial charge in [-0.3, -0.25) is 0 Å². The molecule has 0 aromatic heterocycles. The molecule has 0 radical (unpaired) electrons. The fourth-order valence-corrected chi connectivity index (χ4v) is 1.27. The minimum absolute atomic E-state index is 0.153. The van der Waals surface area contributed by atoms with Crippen molar-refractivity contribution >= 4 is 6.08 Å². The third-order valence-corrected chi connectivity index (χ3v) is 2.24. The molecule has 1 nitrogen and oxygen atoms in total. The summed E-state index contributed by atoms with van der Waals surface area (Å²) >= 11 is 0. The first-order chi connectivity index (χ1) is 7.00. The Kier molecular flexibility index (Phi) is 3.89. The van der Waals surface area contributed by atoms with Gasteiger partial charge in [0.15, 0.2) is 0 Å². The zero-order valence-electron chi connectivity index (χ0n) is 9.79. The molecule has 0 aliphatic carbocycles. The lowest BCUT2D eigenvalue weighted by molar-refractivity contribution is 0.566. The lowest BCUT2D eigenvalue weighted by atomic mass is 10.0. The van der Waals surface area contributed by atoms with E-state index in [0.717, 1.165) is 5.56 Å². The van der Waals surface area contributed by atoms with Crippen molar-refractivity contribution in [2.75, 3.05) is 14.1 Å². The van der Waals surface area contributed by atoms with Crippen molar-refractivity contribution in [1.29, 1.82) is 0 Å². The summed E-state index contributed by atoms with van der Waals surface area (Å²) < 4.78 is 13.6. The van der Waals surface area contributed by atoms with Crippen molar-refractivity contribution in [2.24, 2.45) is 0 Å². The maximum absolute atomic E-state index is 13.6. The lowest BCUT2D eigenvalue weighted by Crippen LogP contribution is -2.00.